The van der Waals surface area contributed by atoms with Crippen molar-refractivity contribution in [3.8, 4) is 0 Å². The Kier molecular flexibility index (Phi) is 25.6. The van der Waals surface area contributed by atoms with E-state index in [1.165, 1.54) is 77.0 Å². The molecule has 2 N–H and O–H groups in total. The summed E-state index contributed by atoms with van der Waals surface area (Å²) in [6, 6.07) is 0. The summed E-state index contributed by atoms with van der Waals surface area (Å²) in [6.45, 7) is 3.59. The molecule has 0 spiro atoms. The van der Waals surface area contributed by atoms with E-state index in [0.29, 0.717) is 6.42 Å². The zero-order valence-corrected chi connectivity index (χ0v) is 25.2. The summed E-state index contributed by atoms with van der Waals surface area (Å²) in [4.78, 5) is 42.1. The molecule has 0 saturated carbocycles. The first kappa shape index (κ1) is 37.0. The Hall–Kier alpha value is -0.950. The molecule has 1 unspecified atom stereocenters. The van der Waals surface area contributed by atoms with E-state index in [4.69, 9.17) is 19.3 Å². The third kappa shape index (κ3) is 28.1. The number of carbonyl (C=O) groups excluding carboxylic acids is 2. The number of phosphoric acid groups is 1. The minimum Gasteiger partial charge on any atom is -0.462 e. The molecule has 0 aliphatic rings. The van der Waals surface area contributed by atoms with Crippen LogP contribution in [0.25, 0.3) is 0 Å². The van der Waals surface area contributed by atoms with Crippen LogP contribution in [0.15, 0.2) is 0 Å². The Morgan fingerprint density at radius 1 is 0.579 bits per heavy atom. The molecule has 1 atom stereocenters. The topological polar surface area (TPSA) is 119 Å². The summed E-state index contributed by atoms with van der Waals surface area (Å²) in [5.41, 5.74) is 0. The summed E-state index contributed by atoms with van der Waals surface area (Å²) in [5.74, 6) is -0.889. The lowest BCUT2D eigenvalue weighted by molar-refractivity contribution is -0.161. The number of ether oxygens (including phenoxy) is 2. The second-order valence-electron chi connectivity index (χ2n) is 10.4. The van der Waals surface area contributed by atoms with Crippen molar-refractivity contribution in [2.75, 3.05) is 13.2 Å². The fourth-order valence-corrected chi connectivity index (χ4v) is 4.67. The molecule has 0 rings (SSSR count). The van der Waals surface area contributed by atoms with Crippen LogP contribution < -0.4 is 0 Å². The Balaban J connectivity index is 3.97. The number of unbranched alkanes of at least 4 members (excludes halogenated alkanes) is 18. The van der Waals surface area contributed by atoms with Crippen LogP contribution in [0.1, 0.15) is 155 Å². The average molecular weight is 565 g/mol. The maximum atomic E-state index is 12.2. The highest BCUT2D eigenvalue weighted by atomic mass is 31.2. The van der Waals surface area contributed by atoms with Gasteiger partial charge in [0.15, 0.2) is 6.10 Å². The van der Waals surface area contributed by atoms with Gasteiger partial charge in [-0.1, -0.05) is 129 Å². The highest BCUT2D eigenvalue weighted by Gasteiger charge is 2.22. The summed E-state index contributed by atoms with van der Waals surface area (Å²) in [5, 5.41) is 0. The maximum absolute atomic E-state index is 12.2. The van der Waals surface area contributed by atoms with E-state index in [2.05, 4.69) is 18.4 Å². The smallest absolute Gasteiger partial charge is 0.462 e. The molecule has 9 heteroatoms. The van der Waals surface area contributed by atoms with Crippen molar-refractivity contribution in [3.63, 3.8) is 0 Å². The summed E-state index contributed by atoms with van der Waals surface area (Å²) >= 11 is 0. The van der Waals surface area contributed by atoms with Gasteiger partial charge in [0.2, 0.25) is 0 Å². The van der Waals surface area contributed by atoms with E-state index >= 15 is 0 Å². The lowest BCUT2D eigenvalue weighted by atomic mass is 10.0. The minimum absolute atomic E-state index is 0.218. The molecular weight excluding hydrogens is 507 g/mol. The lowest BCUT2D eigenvalue weighted by Gasteiger charge is -2.18. The largest absolute Gasteiger partial charge is 0.469 e. The van der Waals surface area contributed by atoms with Gasteiger partial charge in [-0.2, -0.15) is 0 Å². The Morgan fingerprint density at radius 3 is 1.34 bits per heavy atom. The third-order valence-electron chi connectivity index (χ3n) is 6.63. The van der Waals surface area contributed by atoms with E-state index in [9.17, 15) is 14.2 Å². The van der Waals surface area contributed by atoms with Gasteiger partial charge >= 0.3 is 19.8 Å². The number of hydrogen-bond donors (Lipinski definition) is 2. The first-order valence-electron chi connectivity index (χ1n) is 15.3. The Morgan fingerprint density at radius 2 is 0.947 bits per heavy atom. The van der Waals surface area contributed by atoms with E-state index in [1.807, 2.05) is 0 Å². The van der Waals surface area contributed by atoms with Crippen molar-refractivity contribution in [3.05, 3.63) is 0 Å². The van der Waals surface area contributed by atoms with Crippen LogP contribution in [0.5, 0.6) is 0 Å². The molecule has 0 aromatic rings. The van der Waals surface area contributed by atoms with Crippen molar-refractivity contribution in [1.29, 1.82) is 0 Å². The average Bonchev–Trinajstić information content (AvgIpc) is 2.87. The minimum atomic E-state index is -4.73. The van der Waals surface area contributed by atoms with Crippen LogP contribution in [0.4, 0.5) is 0 Å². The second kappa shape index (κ2) is 26.3. The van der Waals surface area contributed by atoms with Gasteiger partial charge in [0.05, 0.1) is 6.61 Å². The summed E-state index contributed by atoms with van der Waals surface area (Å²) in [6.07, 6.45) is 22.8. The van der Waals surface area contributed by atoms with Crippen LogP contribution >= 0.6 is 7.82 Å². The fourth-order valence-electron chi connectivity index (χ4n) is 4.31. The van der Waals surface area contributed by atoms with Crippen molar-refractivity contribution in [1.82, 2.24) is 0 Å². The highest BCUT2D eigenvalue weighted by molar-refractivity contribution is 7.46. The molecule has 0 aromatic carbocycles. The molecule has 0 aliphatic carbocycles. The van der Waals surface area contributed by atoms with Crippen LogP contribution in [-0.2, 0) is 28.2 Å². The molecule has 226 valence electrons. The molecule has 0 aromatic heterocycles. The lowest BCUT2D eigenvalue weighted by Crippen LogP contribution is -2.29. The van der Waals surface area contributed by atoms with Crippen molar-refractivity contribution in [2.24, 2.45) is 0 Å². The van der Waals surface area contributed by atoms with Gasteiger partial charge in [-0.3, -0.25) is 14.1 Å². The predicted molar refractivity (Wildman–Crippen MR) is 152 cm³/mol. The molecule has 0 bridgehead atoms. The van der Waals surface area contributed by atoms with E-state index in [-0.39, 0.29) is 19.4 Å². The van der Waals surface area contributed by atoms with E-state index in [0.717, 1.165) is 44.9 Å². The zero-order valence-electron chi connectivity index (χ0n) is 24.3. The molecule has 8 nitrogen and oxygen atoms in total. The van der Waals surface area contributed by atoms with Crippen LogP contribution in [-0.4, -0.2) is 41.0 Å². The standard InChI is InChI=1S/C29H57O8P/c1-3-5-7-9-11-12-13-14-15-16-17-18-20-22-24-29(31)37-27(26-36-38(32,33)34)25-35-28(30)23-21-19-10-8-6-4-2/h27H,3-26H2,1-2H3,(H2,32,33,34). The Labute approximate surface area is 232 Å². The van der Waals surface area contributed by atoms with Crippen LogP contribution in [0, 0.1) is 0 Å². The van der Waals surface area contributed by atoms with Gasteiger partial charge in [0.1, 0.15) is 6.61 Å². The number of rotatable bonds is 28. The second-order valence-corrected chi connectivity index (χ2v) is 11.7. The van der Waals surface area contributed by atoms with Gasteiger partial charge in [-0.05, 0) is 12.8 Å². The van der Waals surface area contributed by atoms with Gasteiger partial charge in [-0.15, -0.1) is 0 Å². The van der Waals surface area contributed by atoms with E-state index in [1.54, 1.807) is 0 Å². The SMILES string of the molecule is CCCCCCCCCCCCCCCCC(=O)OC(COC(=O)CCCCCCCC)COP(=O)(O)O. The molecule has 0 aliphatic heterocycles. The highest BCUT2D eigenvalue weighted by Crippen LogP contribution is 2.35. The molecule has 0 heterocycles. The van der Waals surface area contributed by atoms with Crippen molar-refractivity contribution in [2.45, 2.75) is 161 Å². The quantitative estimate of drug-likeness (QED) is 0.0555. The number of phosphoric ester groups is 1. The Bertz CT molecular complexity index is 607. The molecule has 0 amide bonds. The molecule has 38 heavy (non-hydrogen) atoms. The predicted octanol–water partition coefficient (Wildman–Crippen LogP) is 8.17. The number of esters is 2. The summed E-state index contributed by atoms with van der Waals surface area (Å²) < 4.78 is 26.0. The van der Waals surface area contributed by atoms with Gasteiger partial charge in [0.25, 0.3) is 0 Å². The molecule has 0 fully saturated rings. The van der Waals surface area contributed by atoms with Crippen LogP contribution in [0.2, 0.25) is 0 Å². The van der Waals surface area contributed by atoms with Gasteiger partial charge < -0.3 is 19.3 Å². The normalized spacial score (nSPS) is 12.4. The summed E-state index contributed by atoms with van der Waals surface area (Å²) in [7, 11) is -4.73. The third-order valence-corrected chi connectivity index (χ3v) is 7.11. The first-order chi connectivity index (χ1) is 18.3. The molecule has 0 radical (unpaired) electrons. The fraction of sp³-hybridized carbons (Fsp3) is 0.931. The van der Waals surface area contributed by atoms with Gasteiger partial charge in [0, 0.05) is 12.8 Å². The maximum Gasteiger partial charge on any atom is 0.469 e. The van der Waals surface area contributed by atoms with Gasteiger partial charge in [-0.25, -0.2) is 4.57 Å². The van der Waals surface area contributed by atoms with E-state index < -0.39 is 32.5 Å². The number of hydrogen-bond acceptors (Lipinski definition) is 6. The number of carbonyl (C=O) groups is 2. The van der Waals surface area contributed by atoms with Crippen molar-refractivity contribution < 1.29 is 37.9 Å². The van der Waals surface area contributed by atoms with Crippen molar-refractivity contribution >= 4 is 19.8 Å². The molecule has 0 saturated heterocycles. The van der Waals surface area contributed by atoms with Crippen LogP contribution in [0.3, 0.4) is 0 Å². The first-order valence-corrected chi connectivity index (χ1v) is 16.9. The molecular formula is C29H57O8P. The zero-order chi connectivity index (χ0) is 28.3. The monoisotopic (exact) mass is 564 g/mol.